The second-order valence-electron chi connectivity index (χ2n) is 5.08. The zero-order valence-corrected chi connectivity index (χ0v) is 11.8. The number of halogens is 1. The number of nitrogens with one attached hydrogen (secondary N) is 1. The summed E-state index contributed by atoms with van der Waals surface area (Å²) in [6, 6.07) is 4.81. The van der Waals surface area contributed by atoms with Gasteiger partial charge in [-0.15, -0.1) is 0 Å². The van der Waals surface area contributed by atoms with Gasteiger partial charge < -0.3 is 0 Å². The fraction of sp³-hybridized carbons (Fsp3) is 0.545. The molecule has 0 unspecified atom stereocenters. The fourth-order valence-corrected chi connectivity index (χ4v) is 2.70. The molecule has 0 saturated carbocycles. The Bertz CT molecular complexity index is 480. The summed E-state index contributed by atoms with van der Waals surface area (Å²) in [5, 5.41) is 0.265. The highest BCUT2D eigenvalue weighted by atomic mass is 35.5. The predicted molar refractivity (Wildman–Crippen MR) is 70.7 cm³/mol. The molecule has 0 aliphatic rings. The fourth-order valence-electron chi connectivity index (χ4n) is 1.12. The van der Waals surface area contributed by atoms with Crippen LogP contribution in [0, 0.1) is 5.41 Å². The van der Waals surface area contributed by atoms with Crippen LogP contribution in [0.1, 0.15) is 27.2 Å². The lowest BCUT2D eigenvalue weighted by atomic mass is 9.94. The lowest BCUT2D eigenvalue weighted by Crippen LogP contribution is -2.21. The molecule has 4 nitrogen and oxygen atoms in total. The van der Waals surface area contributed by atoms with E-state index in [9.17, 15) is 8.42 Å². The maximum absolute atomic E-state index is 11.8. The van der Waals surface area contributed by atoms with Gasteiger partial charge in [-0.25, -0.2) is 13.4 Å². The van der Waals surface area contributed by atoms with Crippen molar-refractivity contribution in [2.24, 2.45) is 5.41 Å². The normalized spacial score (nSPS) is 12.5. The van der Waals surface area contributed by atoms with Gasteiger partial charge in [0.1, 0.15) is 11.0 Å². The van der Waals surface area contributed by atoms with Gasteiger partial charge >= 0.3 is 0 Å². The Balaban J connectivity index is 2.67. The van der Waals surface area contributed by atoms with Crippen LogP contribution in [0.4, 0.5) is 5.82 Å². The number of pyridine rings is 1. The lowest BCUT2D eigenvalue weighted by molar-refractivity contribution is 0.397. The zero-order chi connectivity index (χ0) is 13.1. The van der Waals surface area contributed by atoms with Crippen molar-refractivity contribution in [3.63, 3.8) is 0 Å². The van der Waals surface area contributed by atoms with Crippen molar-refractivity contribution >= 4 is 27.4 Å². The molecule has 0 saturated heterocycles. The van der Waals surface area contributed by atoms with Crippen LogP contribution >= 0.6 is 11.6 Å². The van der Waals surface area contributed by atoms with Crippen molar-refractivity contribution in [2.45, 2.75) is 27.2 Å². The highest BCUT2D eigenvalue weighted by Crippen LogP contribution is 2.20. The number of aromatic nitrogens is 1. The number of sulfonamides is 1. The molecule has 96 valence electrons. The molecule has 0 aromatic carbocycles. The largest absolute Gasteiger partial charge is 0.267 e. The van der Waals surface area contributed by atoms with Gasteiger partial charge in [0, 0.05) is 0 Å². The van der Waals surface area contributed by atoms with Gasteiger partial charge in [-0.05, 0) is 24.0 Å². The zero-order valence-electron chi connectivity index (χ0n) is 10.2. The highest BCUT2D eigenvalue weighted by Gasteiger charge is 2.17. The minimum Gasteiger partial charge on any atom is -0.267 e. The molecule has 1 rings (SSSR count). The van der Waals surface area contributed by atoms with E-state index >= 15 is 0 Å². The van der Waals surface area contributed by atoms with Crippen LogP contribution in [0.3, 0.4) is 0 Å². The van der Waals surface area contributed by atoms with Gasteiger partial charge in [0.05, 0.1) is 5.75 Å². The van der Waals surface area contributed by atoms with E-state index in [4.69, 9.17) is 11.6 Å². The first kappa shape index (κ1) is 14.3. The molecule has 0 bridgehead atoms. The number of nitrogens with zero attached hydrogens (tertiary/aromatic N) is 1. The third-order valence-electron chi connectivity index (χ3n) is 2.10. The van der Waals surface area contributed by atoms with Gasteiger partial charge in [-0.2, -0.15) is 0 Å². The van der Waals surface area contributed by atoms with Gasteiger partial charge in [0.2, 0.25) is 10.0 Å². The average Bonchev–Trinajstić information content (AvgIpc) is 2.13. The van der Waals surface area contributed by atoms with E-state index in [2.05, 4.69) is 9.71 Å². The molecule has 1 aromatic rings. The molecule has 1 heterocycles. The first-order valence-corrected chi connectivity index (χ1v) is 7.34. The molecule has 0 radical (unpaired) electrons. The third kappa shape index (κ3) is 5.89. The van der Waals surface area contributed by atoms with E-state index in [1.807, 2.05) is 20.8 Å². The Kier molecular flexibility index (Phi) is 4.38. The second kappa shape index (κ2) is 5.23. The molecular formula is C11H17ClN2O2S. The molecule has 0 spiro atoms. The summed E-state index contributed by atoms with van der Waals surface area (Å²) in [4.78, 5) is 3.88. The number of hydrogen-bond acceptors (Lipinski definition) is 3. The minimum absolute atomic E-state index is 0.0173. The average molecular weight is 277 g/mol. The molecule has 17 heavy (non-hydrogen) atoms. The first-order chi connectivity index (χ1) is 7.68. The van der Waals surface area contributed by atoms with E-state index in [1.165, 1.54) is 0 Å². The van der Waals surface area contributed by atoms with E-state index in [1.54, 1.807) is 18.2 Å². The lowest BCUT2D eigenvalue weighted by Gasteiger charge is -2.17. The second-order valence-corrected chi connectivity index (χ2v) is 7.31. The van der Waals surface area contributed by atoms with Gasteiger partial charge in [-0.1, -0.05) is 38.4 Å². The van der Waals surface area contributed by atoms with E-state index in [-0.39, 0.29) is 22.1 Å². The monoisotopic (exact) mass is 276 g/mol. The van der Waals surface area contributed by atoms with Crippen molar-refractivity contribution in [1.82, 2.24) is 4.98 Å². The standard InChI is InChI=1S/C11H17ClN2O2S/c1-11(2,3)7-8-17(15,16)14-10-6-4-5-9(12)13-10/h4-6H,7-8H2,1-3H3,(H,13,14). The van der Waals surface area contributed by atoms with E-state index in [0.717, 1.165) is 0 Å². The Labute approximate surface area is 107 Å². The Morgan fingerprint density at radius 1 is 1.35 bits per heavy atom. The predicted octanol–water partition coefficient (Wildman–Crippen LogP) is 2.91. The maximum atomic E-state index is 11.8. The first-order valence-electron chi connectivity index (χ1n) is 5.31. The smallest absolute Gasteiger partial charge is 0.233 e. The van der Waals surface area contributed by atoms with Crippen LogP contribution in [0.2, 0.25) is 5.15 Å². The molecule has 1 aromatic heterocycles. The molecule has 0 aliphatic heterocycles. The maximum Gasteiger partial charge on any atom is 0.233 e. The van der Waals surface area contributed by atoms with Gasteiger partial charge in [0.15, 0.2) is 0 Å². The van der Waals surface area contributed by atoms with Crippen molar-refractivity contribution < 1.29 is 8.42 Å². The summed E-state index contributed by atoms with van der Waals surface area (Å²) >= 11 is 5.68. The van der Waals surface area contributed by atoms with Crippen LogP contribution in [0.25, 0.3) is 0 Å². The number of hydrogen-bond donors (Lipinski definition) is 1. The topological polar surface area (TPSA) is 59.1 Å². The van der Waals surface area contributed by atoms with Crippen LogP contribution in [-0.2, 0) is 10.0 Å². The minimum atomic E-state index is -3.36. The Morgan fingerprint density at radius 2 is 2.00 bits per heavy atom. The summed E-state index contributed by atoms with van der Waals surface area (Å²) in [5.41, 5.74) is -0.0173. The Hall–Kier alpha value is -0.810. The molecule has 0 fully saturated rings. The SMILES string of the molecule is CC(C)(C)CCS(=O)(=O)Nc1cccc(Cl)n1. The molecule has 0 aliphatic carbocycles. The number of rotatable bonds is 4. The van der Waals surface area contributed by atoms with Crippen LogP contribution in [0.15, 0.2) is 18.2 Å². The quantitative estimate of drug-likeness (QED) is 0.860. The summed E-state index contributed by atoms with van der Waals surface area (Å²) < 4.78 is 25.9. The van der Waals surface area contributed by atoms with Crippen molar-refractivity contribution in [3.8, 4) is 0 Å². The highest BCUT2D eigenvalue weighted by molar-refractivity contribution is 7.92. The molecular weight excluding hydrogens is 260 g/mol. The number of anilines is 1. The van der Waals surface area contributed by atoms with Gasteiger partial charge in [-0.3, -0.25) is 4.72 Å². The molecule has 1 N–H and O–H groups in total. The summed E-state index contributed by atoms with van der Waals surface area (Å²) in [5.74, 6) is 0.330. The van der Waals surface area contributed by atoms with Crippen LogP contribution in [0.5, 0.6) is 0 Å². The summed E-state index contributed by atoms with van der Waals surface area (Å²) in [6.45, 7) is 6.00. The summed E-state index contributed by atoms with van der Waals surface area (Å²) in [6.07, 6.45) is 0.586. The van der Waals surface area contributed by atoms with Crippen molar-refractivity contribution in [2.75, 3.05) is 10.5 Å². The van der Waals surface area contributed by atoms with E-state index < -0.39 is 10.0 Å². The Morgan fingerprint density at radius 3 is 2.53 bits per heavy atom. The molecule has 0 amide bonds. The van der Waals surface area contributed by atoms with Crippen LogP contribution in [-0.4, -0.2) is 19.2 Å². The third-order valence-corrected chi connectivity index (χ3v) is 3.57. The van der Waals surface area contributed by atoms with Crippen molar-refractivity contribution in [3.05, 3.63) is 23.4 Å². The molecule has 6 heteroatoms. The van der Waals surface area contributed by atoms with Crippen LogP contribution < -0.4 is 4.72 Å². The molecule has 0 atom stereocenters. The van der Waals surface area contributed by atoms with Crippen molar-refractivity contribution in [1.29, 1.82) is 0 Å². The van der Waals surface area contributed by atoms with Gasteiger partial charge in [0.25, 0.3) is 0 Å². The van der Waals surface area contributed by atoms with E-state index in [0.29, 0.717) is 6.42 Å². The summed E-state index contributed by atoms with van der Waals surface area (Å²) in [7, 11) is -3.36.